The van der Waals surface area contributed by atoms with E-state index in [0.717, 1.165) is 0 Å². The lowest BCUT2D eigenvalue weighted by Crippen LogP contribution is -2.22. The summed E-state index contributed by atoms with van der Waals surface area (Å²) in [5, 5.41) is 8.14. The van der Waals surface area contributed by atoms with Crippen molar-refractivity contribution in [3.63, 3.8) is 0 Å². The number of nitrogens with two attached hydrogens (primary N) is 1. The lowest BCUT2D eigenvalue weighted by molar-refractivity contribution is 0.0324. The number of aliphatic hydroxyl groups excluding tert-OH is 1. The zero-order chi connectivity index (χ0) is 5.54. The van der Waals surface area contributed by atoms with E-state index in [1.54, 1.807) is 0 Å². The van der Waals surface area contributed by atoms with Gasteiger partial charge in [0.25, 0.3) is 0 Å². The van der Waals surface area contributed by atoms with Gasteiger partial charge in [-0.1, -0.05) is 0 Å². The largest absolute Gasteiger partial charge is 0.396 e. The topological polar surface area (TPSA) is 67.5 Å². The van der Waals surface area contributed by atoms with Gasteiger partial charge in [-0.15, -0.1) is 5.59 Å². The molecule has 4 nitrogen and oxygen atoms in total. The molecule has 44 valence electrons. The van der Waals surface area contributed by atoms with Crippen molar-refractivity contribution in [2.24, 2.45) is 5.84 Å². The third-order valence-corrected chi connectivity index (χ3v) is 0.488. The lowest BCUT2D eigenvalue weighted by atomic mass is 10.5. The molecule has 0 rings (SSSR count). The standard InChI is InChI=1S/C3H10N2O2/c4-5-7-3-1-2-6/h5-6H,1-4H2. The Hall–Kier alpha value is -0.160. The van der Waals surface area contributed by atoms with E-state index >= 15 is 0 Å². The van der Waals surface area contributed by atoms with E-state index in [1.165, 1.54) is 0 Å². The van der Waals surface area contributed by atoms with E-state index in [2.05, 4.69) is 4.84 Å². The van der Waals surface area contributed by atoms with Crippen LogP contribution in [0.2, 0.25) is 0 Å². The van der Waals surface area contributed by atoms with Crippen LogP contribution in [0.25, 0.3) is 0 Å². The first-order chi connectivity index (χ1) is 3.41. The predicted octanol–water partition coefficient (Wildman–Crippen LogP) is -1.24. The van der Waals surface area contributed by atoms with E-state index in [0.29, 0.717) is 13.0 Å². The molecule has 0 atom stereocenters. The van der Waals surface area contributed by atoms with Gasteiger partial charge in [0.1, 0.15) is 0 Å². The van der Waals surface area contributed by atoms with Gasteiger partial charge in [-0.3, -0.25) is 4.84 Å². The molecule has 0 spiro atoms. The Kier molecular flexibility index (Phi) is 5.71. The summed E-state index contributed by atoms with van der Waals surface area (Å²) in [4.78, 5) is 4.44. The van der Waals surface area contributed by atoms with Crippen LogP contribution in [0.1, 0.15) is 6.42 Å². The first-order valence-electron chi connectivity index (χ1n) is 2.10. The summed E-state index contributed by atoms with van der Waals surface area (Å²) in [6.45, 7) is 0.592. The van der Waals surface area contributed by atoms with Crippen molar-refractivity contribution in [3.05, 3.63) is 0 Å². The van der Waals surface area contributed by atoms with Crippen LogP contribution in [0.15, 0.2) is 0 Å². The van der Waals surface area contributed by atoms with Crippen LogP contribution in [0, 0.1) is 0 Å². The highest BCUT2D eigenvalue weighted by Crippen LogP contribution is 1.72. The van der Waals surface area contributed by atoms with Crippen LogP contribution in [0.5, 0.6) is 0 Å². The molecule has 0 bridgehead atoms. The van der Waals surface area contributed by atoms with E-state index in [-0.39, 0.29) is 6.61 Å². The van der Waals surface area contributed by atoms with Gasteiger partial charge in [0.2, 0.25) is 0 Å². The van der Waals surface area contributed by atoms with Crippen LogP contribution in [0.3, 0.4) is 0 Å². The van der Waals surface area contributed by atoms with E-state index in [9.17, 15) is 0 Å². The van der Waals surface area contributed by atoms with Gasteiger partial charge < -0.3 is 5.11 Å². The average molecular weight is 106 g/mol. The maximum atomic E-state index is 8.14. The molecule has 7 heavy (non-hydrogen) atoms. The molecule has 0 saturated carbocycles. The SMILES string of the molecule is NNOCCCO. The van der Waals surface area contributed by atoms with Crippen LogP contribution < -0.4 is 11.4 Å². The zero-order valence-electron chi connectivity index (χ0n) is 4.05. The second kappa shape index (κ2) is 5.84. The van der Waals surface area contributed by atoms with E-state index in [4.69, 9.17) is 10.9 Å². The van der Waals surface area contributed by atoms with Gasteiger partial charge in [-0.25, -0.2) is 5.84 Å². The van der Waals surface area contributed by atoms with Crippen molar-refractivity contribution in [1.82, 2.24) is 5.59 Å². The Morgan fingerprint density at radius 3 is 2.86 bits per heavy atom. The third-order valence-electron chi connectivity index (χ3n) is 0.488. The molecule has 0 aliphatic heterocycles. The second-order valence-electron chi connectivity index (χ2n) is 1.04. The molecule has 0 amide bonds. The van der Waals surface area contributed by atoms with Gasteiger partial charge in [0.05, 0.1) is 6.61 Å². The van der Waals surface area contributed by atoms with Crippen molar-refractivity contribution in [3.8, 4) is 0 Å². The van der Waals surface area contributed by atoms with Crippen LogP contribution in [0.4, 0.5) is 0 Å². The maximum Gasteiger partial charge on any atom is 0.0720 e. The van der Waals surface area contributed by atoms with Gasteiger partial charge in [0.15, 0.2) is 0 Å². The van der Waals surface area contributed by atoms with Gasteiger partial charge in [0, 0.05) is 6.61 Å². The quantitative estimate of drug-likeness (QED) is 0.238. The lowest BCUT2D eigenvalue weighted by Gasteiger charge is -1.95. The fourth-order valence-corrected chi connectivity index (χ4v) is 0.196. The third kappa shape index (κ3) is 5.84. The van der Waals surface area contributed by atoms with Crippen molar-refractivity contribution in [2.45, 2.75) is 6.42 Å². The van der Waals surface area contributed by atoms with Crippen molar-refractivity contribution < 1.29 is 9.94 Å². The molecular weight excluding hydrogens is 96.0 g/mol. The highest BCUT2D eigenvalue weighted by molar-refractivity contribution is 4.25. The first kappa shape index (κ1) is 6.84. The molecule has 0 aromatic heterocycles. The average Bonchev–Trinajstić information content (AvgIpc) is 1.69. The Balaban J connectivity index is 2.45. The molecule has 0 unspecified atom stereocenters. The molecule has 4 N–H and O–H groups in total. The molecule has 0 aromatic carbocycles. The Morgan fingerprint density at radius 2 is 2.43 bits per heavy atom. The number of hydrazine groups is 1. The van der Waals surface area contributed by atoms with Gasteiger partial charge in [-0.05, 0) is 6.42 Å². The molecule has 4 heteroatoms. The summed E-state index contributed by atoms with van der Waals surface area (Å²) in [7, 11) is 0. The molecule has 0 fully saturated rings. The molecular formula is C3H10N2O2. The Bertz CT molecular complexity index is 30.1. The fourth-order valence-electron chi connectivity index (χ4n) is 0.196. The van der Waals surface area contributed by atoms with Gasteiger partial charge >= 0.3 is 0 Å². The van der Waals surface area contributed by atoms with Crippen LogP contribution in [-0.4, -0.2) is 18.3 Å². The summed E-state index contributed by atoms with van der Waals surface area (Å²) in [6.07, 6.45) is 0.615. The Labute approximate surface area is 42.2 Å². The molecule has 0 aliphatic carbocycles. The summed E-state index contributed by atoms with van der Waals surface area (Å²) in [6, 6.07) is 0. The smallest absolute Gasteiger partial charge is 0.0720 e. The first-order valence-corrected chi connectivity index (χ1v) is 2.10. The van der Waals surface area contributed by atoms with Crippen LogP contribution in [-0.2, 0) is 4.84 Å². The van der Waals surface area contributed by atoms with Crippen molar-refractivity contribution >= 4 is 0 Å². The summed E-state index contributed by atoms with van der Waals surface area (Å²) in [5.41, 5.74) is 1.99. The number of hydrogen-bond donors (Lipinski definition) is 3. The fraction of sp³-hybridized carbons (Fsp3) is 1.00. The normalized spacial score (nSPS) is 9.43. The molecule has 0 saturated heterocycles. The minimum absolute atomic E-state index is 0.141. The Morgan fingerprint density at radius 1 is 1.71 bits per heavy atom. The molecule has 0 aromatic rings. The number of hydrogen-bond acceptors (Lipinski definition) is 4. The minimum Gasteiger partial charge on any atom is -0.396 e. The monoisotopic (exact) mass is 106 g/mol. The molecule has 0 aliphatic rings. The highest BCUT2D eigenvalue weighted by Gasteiger charge is 1.79. The van der Waals surface area contributed by atoms with Gasteiger partial charge in [-0.2, -0.15) is 0 Å². The highest BCUT2D eigenvalue weighted by atomic mass is 16.7. The van der Waals surface area contributed by atoms with Crippen molar-refractivity contribution in [1.29, 1.82) is 0 Å². The van der Waals surface area contributed by atoms with Crippen molar-refractivity contribution in [2.75, 3.05) is 13.2 Å². The zero-order valence-corrected chi connectivity index (χ0v) is 4.05. The van der Waals surface area contributed by atoms with E-state index in [1.807, 2.05) is 5.59 Å². The predicted molar refractivity (Wildman–Crippen MR) is 25.0 cm³/mol. The molecule has 0 radical (unpaired) electrons. The molecule has 0 heterocycles. The number of nitrogens with one attached hydrogen (secondary N) is 1. The minimum atomic E-state index is 0.141. The summed E-state index contributed by atoms with van der Waals surface area (Å²) in [5.74, 6) is 4.72. The summed E-state index contributed by atoms with van der Waals surface area (Å²) >= 11 is 0. The second-order valence-corrected chi connectivity index (χ2v) is 1.04. The number of aliphatic hydroxyl groups is 1. The van der Waals surface area contributed by atoms with Crippen LogP contribution >= 0.6 is 0 Å². The summed E-state index contributed by atoms with van der Waals surface area (Å²) < 4.78 is 0. The maximum absolute atomic E-state index is 8.14. The van der Waals surface area contributed by atoms with E-state index < -0.39 is 0 Å². The number of rotatable bonds is 4.